The lowest BCUT2D eigenvalue weighted by Crippen LogP contribution is -2.36. The van der Waals surface area contributed by atoms with Gasteiger partial charge in [-0.2, -0.15) is 0 Å². The summed E-state index contributed by atoms with van der Waals surface area (Å²) >= 11 is 3.26. The highest BCUT2D eigenvalue weighted by Crippen LogP contribution is 2.31. The van der Waals surface area contributed by atoms with Crippen LogP contribution in [0.25, 0.3) is 17.4 Å². The summed E-state index contributed by atoms with van der Waals surface area (Å²) < 4.78 is 23.8. The molecule has 3 amide bonds. The molecule has 0 saturated carbocycles. The third kappa shape index (κ3) is 3.52. The number of hydrogen-bond donors (Lipinski definition) is 1. The minimum Gasteiger partial charge on any atom is -0.468 e. The topological polar surface area (TPSA) is 88.8 Å². The number of ether oxygens (including phenoxy) is 1. The van der Waals surface area contributed by atoms with Gasteiger partial charge in [0.05, 0.1) is 7.11 Å². The Balaban J connectivity index is 1.83. The molecular weight excluding hydrogens is 411 g/mol. The molecule has 1 aromatic carbocycles. The predicted molar refractivity (Wildman–Crippen MR) is 92.0 cm³/mol. The van der Waals surface area contributed by atoms with E-state index in [4.69, 9.17) is 4.42 Å². The van der Waals surface area contributed by atoms with Gasteiger partial charge in [-0.15, -0.1) is 0 Å². The molecule has 9 heteroatoms. The van der Waals surface area contributed by atoms with Crippen LogP contribution >= 0.6 is 15.9 Å². The Morgan fingerprint density at radius 2 is 2.12 bits per heavy atom. The average molecular weight is 423 g/mol. The Hall–Kier alpha value is -2.94. The fourth-order valence-corrected chi connectivity index (χ4v) is 2.86. The number of amides is 3. The fraction of sp³-hybridized carbons (Fsp3) is 0.118. The first-order valence-electron chi connectivity index (χ1n) is 7.35. The van der Waals surface area contributed by atoms with Crippen LogP contribution in [0.3, 0.4) is 0 Å². The van der Waals surface area contributed by atoms with Gasteiger partial charge in [-0.3, -0.25) is 9.59 Å². The number of esters is 1. The summed E-state index contributed by atoms with van der Waals surface area (Å²) in [6.07, 6.45) is 1.35. The zero-order chi connectivity index (χ0) is 18.8. The van der Waals surface area contributed by atoms with Crippen molar-refractivity contribution < 1.29 is 27.9 Å². The highest BCUT2D eigenvalue weighted by molar-refractivity contribution is 9.10. The molecule has 0 bridgehead atoms. The first-order chi connectivity index (χ1) is 12.4. The molecule has 3 rings (SSSR count). The maximum atomic E-state index is 13.2. The van der Waals surface area contributed by atoms with Crippen LogP contribution in [0, 0.1) is 5.82 Å². The first-order valence-corrected chi connectivity index (χ1v) is 8.15. The molecule has 134 valence electrons. The Morgan fingerprint density at radius 1 is 1.35 bits per heavy atom. The fourth-order valence-electron chi connectivity index (χ4n) is 2.32. The van der Waals surface area contributed by atoms with Crippen molar-refractivity contribution in [2.45, 2.75) is 0 Å². The zero-order valence-electron chi connectivity index (χ0n) is 13.4. The number of nitrogens with zero attached hydrogens (tertiary/aromatic N) is 1. The SMILES string of the molecule is COC(=O)CN1C(=O)N/C(=C/c2ccc(-c3ccc(F)cc3Br)o2)C1=O. The van der Waals surface area contributed by atoms with E-state index in [1.54, 1.807) is 18.2 Å². The molecule has 1 aliphatic heterocycles. The van der Waals surface area contributed by atoms with Crippen LogP contribution < -0.4 is 5.32 Å². The number of furan rings is 1. The molecule has 0 spiro atoms. The molecule has 7 nitrogen and oxygen atoms in total. The minimum atomic E-state index is -0.722. The zero-order valence-corrected chi connectivity index (χ0v) is 15.0. The summed E-state index contributed by atoms with van der Waals surface area (Å²) in [4.78, 5) is 36.0. The number of urea groups is 1. The van der Waals surface area contributed by atoms with Gasteiger partial charge in [0.2, 0.25) is 0 Å². The second kappa shape index (κ2) is 7.12. The third-order valence-electron chi connectivity index (χ3n) is 3.59. The van der Waals surface area contributed by atoms with Crippen molar-refractivity contribution in [1.29, 1.82) is 0 Å². The van der Waals surface area contributed by atoms with Crippen molar-refractivity contribution >= 4 is 39.9 Å². The van der Waals surface area contributed by atoms with Crippen LogP contribution in [0.15, 0.2) is 44.9 Å². The number of halogens is 2. The van der Waals surface area contributed by atoms with E-state index >= 15 is 0 Å². The molecule has 2 heterocycles. The maximum absolute atomic E-state index is 13.2. The summed E-state index contributed by atoms with van der Waals surface area (Å²) in [7, 11) is 1.16. The molecule has 1 N–H and O–H groups in total. The number of hydrogen-bond acceptors (Lipinski definition) is 5. The summed E-state index contributed by atoms with van der Waals surface area (Å²) in [5.74, 6) is -1.01. The van der Waals surface area contributed by atoms with E-state index < -0.39 is 24.5 Å². The van der Waals surface area contributed by atoms with Crippen molar-refractivity contribution in [2.75, 3.05) is 13.7 Å². The number of rotatable bonds is 4. The van der Waals surface area contributed by atoms with E-state index in [2.05, 4.69) is 26.0 Å². The van der Waals surface area contributed by atoms with Crippen molar-refractivity contribution in [2.24, 2.45) is 0 Å². The molecule has 0 unspecified atom stereocenters. The van der Waals surface area contributed by atoms with E-state index in [0.717, 1.165) is 12.0 Å². The van der Waals surface area contributed by atoms with Gasteiger partial charge in [-0.05, 0) is 46.3 Å². The molecule has 1 aliphatic rings. The lowest BCUT2D eigenvalue weighted by molar-refractivity contribution is -0.143. The molecule has 2 aromatic rings. The first kappa shape index (κ1) is 17.9. The quantitative estimate of drug-likeness (QED) is 0.464. The van der Waals surface area contributed by atoms with Crippen molar-refractivity contribution in [3.05, 3.63) is 52.1 Å². The second-order valence-electron chi connectivity index (χ2n) is 5.28. The molecule has 26 heavy (non-hydrogen) atoms. The number of carbonyl (C=O) groups is 3. The summed E-state index contributed by atoms with van der Waals surface area (Å²) in [6.45, 7) is -0.482. The number of benzene rings is 1. The van der Waals surface area contributed by atoms with Crippen molar-refractivity contribution in [3.63, 3.8) is 0 Å². The lowest BCUT2D eigenvalue weighted by Gasteiger charge is -2.08. The van der Waals surface area contributed by atoms with E-state index in [0.29, 0.717) is 21.6 Å². The van der Waals surface area contributed by atoms with Crippen LogP contribution in [-0.2, 0) is 14.3 Å². The lowest BCUT2D eigenvalue weighted by atomic mass is 10.2. The molecule has 1 saturated heterocycles. The Kier molecular flexibility index (Phi) is 4.90. The second-order valence-corrected chi connectivity index (χ2v) is 6.14. The van der Waals surface area contributed by atoms with Gasteiger partial charge in [-0.1, -0.05) is 0 Å². The van der Waals surface area contributed by atoms with Gasteiger partial charge in [-0.25, -0.2) is 14.1 Å². The number of nitrogens with one attached hydrogen (secondary N) is 1. The Bertz CT molecular complexity index is 937. The highest BCUT2D eigenvalue weighted by Gasteiger charge is 2.35. The van der Waals surface area contributed by atoms with Gasteiger partial charge >= 0.3 is 12.0 Å². The van der Waals surface area contributed by atoms with Crippen LogP contribution in [-0.4, -0.2) is 36.5 Å². The summed E-state index contributed by atoms with van der Waals surface area (Å²) in [6, 6.07) is 6.68. The van der Waals surface area contributed by atoms with Crippen molar-refractivity contribution in [3.8, 4) is 11.3 Å². The number of methoxy groups -OCH3 is 1. The summed E-state index contributed by atoms with van der Waals surface area (Å²) in [5, 5.41) is 2.37. The maximum Gasteiger partial charge on any atom is 0.329 e. The number of carbonyl (C=O) groups excluding carboxylic acids is 3. The smallest absolute Gasteiger partial charge is 0.329 e. The summed E-state index contributed by atoms with van der Waals surface area (Å²) in [5.41, 5.74) is 0.600. The van der Waals surface area contributed by atoms with E-state index in [1.165, 1.54) is 18.2 Å². The van der Waals surface area contributed by atoms with E-state index in [-0.39, 0.29) is 11.5 Å². The molecule has 0 aliphatic carbocycles. The monoisotopic (exact) mass is 422 g/mol. The van der Waals surface area contributed by atoms with Crippen LogP contribution in [0.5, 0.6) is 0 Å². The average Bonchev–Trinajstić information content (AvgIpc) is 3.15. The van der Waals surface area contributed by atoms with Crippen LogP contribution in [0.2, 0.25) is 0 Å². The van der Waals surface area contributed by atoms with E-state index in [9.17, 15) is 18.8 Å². The van der Waals surface area contributed by atoms with Gasteiger partial charge in [0.1, 0.15) is 29.6 Å². The van der Waals surface area contributed by atoms with Crippen LogP contribution in [0.1, 0.15) is 5.76 Å². The highest BCUT2D eigenvalue weighted by atomic mass is 79.9. The van der Waals surface area contributed by atoms with E-state index in [1.807, 2.05) is 0 Å². The molecule has 1 aromatic heterocycles. The Morgan fingerprint density at radius 3 is 2.81 bits per heavy atom. The predicted octanol–water partition coefficient (Wildman–Crippen LogP) is 2.91. The molecule has 1 fully saturated rings. The van der Waals surface area contributed by atoms with Gasteiger partial charge in [0.25, 0.3) is 5.91 Å². The Labute approximate surface area is 155 Å². The minimum absolute atomic E-state index is 0.0297. The standard InChI is InChI=1S/C17H12BrFN2O5/c1-25-15(22)8-21-16(23)13(20-17(21)24)7-10-3-5-14(26-10)11-4-2-9(19)6-12(11)18/h2-7H,8H2,1H3,(H,20,24)/b13-7+. The van der Waals surface area contributed by atoms with Gasteiger partial charge < -0.3 is 14.5 Å². The third-order valence-corrected chi connectivity index (χ3v) is 4.24. The molecule has 0 atom stereocenters. The molecular formula is C17H12BrFN2O5. The number of imide groups is 1. The van der Waals surface area contributed by atoms with Crippen LogP contribution in [0.4, 0.5) is 9.18 Å². The van der Waals surface area contributed by atoms with Gasteiger partial charge in [0.15, 0.2) is 0 Å². The largest absolute Gasteiger partial charge is 0.468 e. The molecule has 0 radical (unpaired) electrons. The van der Waals surface area contributed by atoms with Crippen molar-refractivity contribution in [1.82, 2.24) is 10.2 Å². The van der Waals surface area contributed by atoms with Gasteiger partial charge in [0, 0.05) is 16.1 Å². The normalized spacial score (nSPS) is 15.5.